The first kappa shape index (κ1) is 10.5. The molecule has 0 spiro atoms. The smallest absolute Gasteiger partial charge is 0.148 e. The van der Waals surface area contributed by atoms with Crippen molar-refractivity contribution in [2.24, 2.45) is 5.41 Å². The maximum absolute atomic E-state index is 11.2. The van der Waals surface area contributed by atoms with Crippen molar-refractivity contribution in [3.8, 4) is 0 Å². The lowest BCUT2D eigenvalue weighted by Crippen LogP contribution is -2.21. The lowest BCUT2D eigenvalue weighted by atomic mass is 10.1. The summed E-state index contributed by atoms with van der Waals surface area (Å²) in [5.41, 5.74) is 6.07. The van der Waals surface area contributed by atoms with Gasteiger partial charge in [-0.05, 0) is 12.8 Å². The van der Waals surface area contributed by atoms with Gasteiger partial charge < -0.3 is 5.73 Å². The van der Waals surface area contributed by atoms with Crippen LogP contribution >= 0.6 is 0 Å². The van der Waals surface area contributed by atoms with Gasteiger partial charge in [0.2, 0.25) is 0 Å². The van der Waals surface area contributed by atoms with Crippen LogP contribution in [0.4, 0.5) is 5.69 Å². The molecule has 2 N–H and O–H groups in total. The van der Waals surface area contributed by atoms with Gasteiger partial charge in [0.25, 0.3) is 0 Å². The van der Waals surface area contributed by atoms with Crippen molar-refractivity contribution in [1.29, 1.82) is 0 Å². The second-order valence-electron chi connectivity index (χ2n) is 4.54. The van der Waals surface area contributed by atoms with Crippen LogP contribution in [-0.2, 0) is 16.4 Å². The third kappa shape index (κ3) is 2.71. The normalized spacial score (nSPS) is 19.0. The third-order valence-electron chi connectivity index (χ3n) is 2.68. The van der Waals surface area contributed by atoms with Gasteiger partial charge in [0.1, 0.15) is 9.84 Å². The fraction of sp³-hybridized carbons (Fsp3) is 0.667. The first-order valence-corrected chi connectivity index (χ1v) is 6.90. The number of nitrogen functional groups attached to an aromatic ring is 1. The van der Waals surface area contributed by atoms with Crippen LogP contribution in [-0.4, -0.2) is 30.2 Å². The molecule has 1 aromatic heterocycles. The number of nitrogens with two attached hydrogens (primary N) is 1. The van der Waals surface area contributed by atoms with Crippen molar-refractivity contribution in [3.63, 3.8) is 0 Å². The van der Waals surface area contributed by atoms with Gasteiger partial charge in [-0.1, -0.05) is 0 Å². The average Bonchev–Trinajstić information content (AvgIpc) is 2.64. The highest BCUT2D eigenvalue weighted by molar-refractivity contribution is 7.90. The lowest BCUT2D eigenvalue weighted by Gasteiger charge is -2.13. The fourth-order valence-electron chi connectivity index (χ4n) is 1.89. The molecule has 15 heavy (non-hydrogen) atoms. The van der Waals surface area contributed by atoms with Crippen LogP contribution in [0.25, 0.3) is 0 Å². The van der Waals surface area contributed by atoms with E-state index in [2.05, 4.69) is 5.10 Å². The Morgan fingerprint density at radius 2 is 2.27 bits per heavy atom. The van der Waals surface area contributed by atoms with Gasteiger partial charge in [-0.2, -0.15) is 5.10 Å². The van der Waals surface area contributed by atoms with Crippen molar-refractivity contribution < 1.29 is 8.42 Å². The maximum Gasteiger partial charge on any atom is 0.148 e. The summed E-state index contributed by atoms with van der Waals surface area (Å²) < 4.78 is 24.2. The summed E-state index contributed by atoms with van der Waals surface area (Å²) >= 11 is 0. The van der Waals surface area contributed by atoms with E-state index in [0.717, 1.165) is 12.8 Å². The number of anilines is 1. The lowest BCUT2D eigenvalue weighted by molar-refractivity contribution is 0.431. The fourth-order valence-corrected chi connectivity index (χ4v) is 3.38. The van der Waals surface area contributed by atoms with E-state index < -0.39 is 9.84 Å². The second kappa shape index (κ2) is 3.23. The standard InChI is InChI=1S/C9H15N3O2S/c1-15(13,14)7-9(2-3-9)6-12-5-8(10)4-11-12/h4-5H,2-3,6-7,10H2,1H3. The number of rotatable bonds is 4. The average molecular weight is 229 g/mol. The molecular weight excluding hydrogens is 214 g/mol. The Kier molecular flexibility index (Phi) is 2.26. The summed E-state index contributed by atoms with van der Waals surface area (Å²) in [6, 6.07) is 0. The van der Waals surface area contributed by atoms with Crippen LogP contribution in [0.2, 0.25) is 0 Å². The van der Waals surface area contributed by atoms with Gasteiger partial charge in [-0.15, -0.1) is 0 Å². The maximum atomic E-state index is 11.2. The van der Waals surface area contributed by atoms with Gasteiger partial charge in [-0.25, -0.2) is 8.42 Å². The molecular formula is C9H15N3O2S. The van der Waals surface area contributed by atoms with E-state index >= 15 is 0 Å². The van der Waals surface area contributed by atoms with E-state index in [4.69, 9.17) is 5.73 Å². The minimum Gasteiger partial charge on any atom is -0.396 e. The summed E-state index contributed by atoms with van der Waals surface area (Å²) in [5.74, 6) is 0.250. The Morgan fingerprint density at radius 1 is 1.60 bits per heavy atom. The Labute approximate surface area is 89.2 Å². The molecule has 1 fully saturated rings. The van der Waals surface area contributed by atoms with Crippen molar-refractivity contribution in [2.45, 2.75) is 19.4 Å². The zero-order valence-electron chi connectivity index (χ0n) is 8.68. The van der Waals surface area contributed by atoms with Crippen molar-refractivity contribution in [1.82, 2.24) is 9.78 Å². The van der Waals surface area contributed by atoms with Crippen molar-refractivity contribution in [2.75, 3.05) is 17.7 Å². The molecule has 0 unspecified atom stereocenters. The SMILES string of the molecule is CS(=O)(=O)CC1(Cn2cc(N)cn2)CC1. The number of nitrogens with zero attached hydrogens (tertiary/aromatic N) is 2. The second-order valence-corrected chi connectivity index (χ2v) is 6.68. The molecule has 0 amide bonds. The zero-order valence-corrected chi connectivity index (χ0v) is 9.50. The van der Waals surface area contributed by atoms with Crippen LogP contribution in [0.1, 0.15) is 12.8 Å². The summed E-state index contributed by atoms with van der Waals surface area (Å²) in [4.78, 5) is 0. The van der Waals surface area contributed by atoms with Gasteiger partial charge in [0, 0.05) is 24.4 Å². The monoisotopic (exact) mass is 229 g/mol. The van der Waals surface area contributed by atoms with Crippen LogP contribution in [0.15, 0.2) is 12.4 Å². The van der Waals surface area contributed by atoms with E-state index in [1.54, 1.807) is 17.1 Å². The summed E-state index contributed by atoms with van der Waals surface area (Å²) in [7, 11) is -2.90. The number of aromatic nitrogens is 2. The van der Waals surface area contributed by atoms with E-state index in [1.807, 2.05) is 0 Å². The molecule has 1 saturated carbocycles. The molecule has 1 heterocycles. The Bertz CT molecular complexity index is 459. The highest BCUT2D eigenvalue weighted by Gasteiger charge is 2.45. The molecule has 0 atom stereocenters. The van der Waals surface area contributed by atoms with Crippen LogP contribution < -0.4 is 5.73 Å². The molecule has 0 saturated heterocycles. The Balaban J connectivity index is 2.06. The third-order valence-corrected chi connectivity index (χ3v) is 3.81. The predicted molar refractivity (Wildman–Crippen MR) is 58.0 cm³/mol. The molecule has 1 aliphatic rings. The van der Waals surface area contributed by atoms with Gasteiger partial charge in [0.05, 0.1) is 17.6 Å². The van der Waals surface area contributed by atoms with Crippen molar-refractivity contribution >= 4 is 15.5 Å². The van der Waals surface area contributed by atoms with E-state index in [-0.39, 0.29) is 11.2 Å². The Morgan fingerprint density at radius 3 is 2.67 bits per heavy atom. The molecule has 6 heteroatoms. The summed E-state index contributed by atoms with van der Waals surface area (Å²) in [5, 5.41) is 4.07. The van der Waals surface area contributed by atoms with Crippen molar-refractivity contribution in [3.05, 3.63) is 12.4 Å². The molecule has 84 valence electrons. The quantitative estimate of drug-likeness (QED) is 0.805. The number of hydrogen-bond donors (Lipinski definition) is 1. The molecule has 5 nitrogen and oxygen atoms in total. The molecule has 0 radical (unpaired) electrons. The largest absolute Gasteiger partial charge is 0.396 e. The van der Waals surface area contributed by atoms with E-state index in [9.17, 15) is 8.42 Å². The minimum atomic E-state index is -2.90. The van der Waals surface area contributed by atoms with Crippen LogP contribution in [0, 0.1) is 5.41 Å². The topological polar surface area (TPSA) is 78.0 Å². The first-order valence-electron chi connectivity index (χ1n) is 4.84. The van der Waals surface area contributed by atoms with Gasteiger partial charge >= 0.3 is 0 Å². The minimum absolute atomic E-state index is 0.0912. The first-order chi connectivity index (χ1) is 6.89. The van der Waals surface area contributed by atoms with Gasteiger partial charge in [0.15, 0.2) is 0 Å². The zero-order chi connectivity index (χ0) is 11.1. The molecule has 2 rings (SSSR count). The molecule has 0 bridgehead atoms. The summed E-state index contributed by atoms with van der Waals surface area (Å²) in [6.45, 7) is 0.650. The van der Waals surface area contributed by atoms with Crippen LogP contribution in [0.3, 0.4) is 0 Å². The summed E-state index contributed by atoms with van der Waals surface area (Å²) in [6.07, 6.45) is 6.52. The van der Waals surface area contributed by atoms with E-state index in [0.29, 0.717) is 12.2 Å². The molecule has 0 aliphatic heterocycles. The van der Waals surface area contributed by atoms with E-state index in [1.165, 1.54) is 6.26 Å². The molecule has 0 aromatic carbocycles. The molecule has 1 aromatic rings. The van der Waals surface area contributed by atoms with Crippen LogP contribution in [0.5, 0.6) is 0 Å². The van der Waals surface area contributed by atoms with Gasteiger partial charge in [-0.3, -0.25) is 4.68 Å². The highest BCUT2D eigenvalue weighted by Crippen LogP contribution is 2.48. The Hall–Kier alpha value is -1.04. The highest BCUT2D eigenvalue weighted by atomic mass is 32.2. The molecule has 1 aliphatic carbocycles. The number of sulfone groups is 1. The number of hydrogen-bond acceptors (Lipinski definition) is 4. The predicted octanol–water partition coefficient (Wildman–Crippen LogP) is 0.290.